The number of nitrogens with one attached hydrogen (secondary N) is 2. The van der Waals surface area contributed by atoms with Gasteiger partial charge in [0.2, 0.25) is 0 Å². The molecule has 1 aromatic rings. The number of hydrogen-bond acceptors (Lipinski definition) is 3. The molecule has 1 aromatic heterocycles. The van der Waals surface area contributed by atoms with Crippen LogP contribution in [0.4, 0.5) is 4.39 Å². The highest BCUT2D eigenvalue weighted by atomic mass is 19.1. The predicted octanol–water partition coefficient (Wildman–Crippen LogP) is 5.67. The second-order valence-corrected chi connectivity index (χ2v) is 7.52. The van der Waals surface area contributed by atoms with Crippen LogP contribution in [0.1, 0.15) is 57.2 Å². The van der Waals surface area contributed by atoms with Crippen LogP contribution in [0, 0.1) is 5.41 Å². The predicted molar refractivity (Wildman–Crippen MR) is 110 cm³/mol. The molecule has 1 saturated carbocycles. The SMILES string of the molecule is C=C1CCC2=C(F)CCC(CCc3cccnc3/C(=C/C=N)NC(C)C)=C12. The molecule has 2 N–H and O–H groups in total. The number of pyridine rings is 1. The van der Waals surface area contributed by atoms with E-state index in [4.69, 9.17) is 5.41 Å². The number of rotatable bonds is 7. The van der Waals surface area contributed by atoms with Gasteiger partial charge < -0.3 is 10.7 Å². The van der Waals surface area contributed by atoms with Crippen molar-refractivity contribution in [2.75, 3.05) is 0 Å². The molecule has 0 unspecified atom stereocenters. The summed E-state index contributed by atoms with van der Waals surface area (Å²) in [5, 5.41) is 10.8. The fourth-order valence-corrected chi connectivity index (χ4v) is 4.02. The third kappa shape index (κ3) is 4.26. The van der Waals surface area contributed by atoms with Crippen molar-refractivity contribution in [2.45, 2.75) is 58.4 Å². The topological polar surface area (TPSA) is 48.8 Å². The fraction of sp³-hybridized carbons (Fsp3) is 0.391. The first-order valence-corrected chi connectivity index (χ1v) is 9.71. The van der Waals surface area contributed by atoms with Crippen molar-refractivity contribution in [1.29, 1.82) is 5.41 Å². The molecule has 3 nitrogen and oxygen atoms in total. The maximum atomic E-state index is 14.2. The van der Waals surface area contributed by atoms with E-state index in [1.807, 2.05) is 6.07 Å². The Morgan fingerprint density at radius 3 is 2.85 bits per heavy atom. The molecule has 142 valence electrons. The van der Waals surface area contributed by atoms with Gasteiger partial charge in [-0.2, -0.15) is 0 Å². The summed E-state index contributed by atoms with van der Waals surface area (Å²) in [6.07, 6.45) is 9.55. The molecule has 0 saturated heterocycles. The molecule has 0 radical (unpaired) electrons. The maximum absolute atomic E-state index is 14.2. The van der Waals surface area contributed by atoms with E-state index in [0.717, 1.165) is 65.8 Å². The fourth-order valence-electron chi connectivity index (χ4n) is 4.02. The summed E-state index contributed by atoms with van der Waals surface area (Å²) in [6, 6.07) is 4.30. The number of aromatic nitrogens is 1. The summed E-state index contributed by atoms with van der Waals surface area (Å²) in [7, 11) is 0. The van der Waals surface area contributed by atoms with Crippen LogP contribution in [0.25, 0.3) is 5.70 Å². The molecule has 1 fully saturated rings. The van der Waals surface area contributed by atoms with Crippen molar-refractivity contribution in [2.24, 2.45) is 0 Å². The molecule has 0 spiro atoms. The van der Waals surface area contributed by atoms with E-state index in [1.165, 1.54) is 11.8 Å². The highest BCUT2D eigenvalue weighted by Gasteiger charge is 2.28. The highest BCUT2D eigenvalue weighted by Crippen LogP contribution is 2.45. The number of fused-ring (bicyclic) bond motifs is 1. The van der Waals surface area contributed by atoms with Crippen LogP contribution in [0.3, 0.4) is 0 Å². The van der Waals surface area contributed by atoms with E-state index < -0.39 is 0 Å². The zero-order valence-corrected chi connectivity index (χ0v) is 16.2. The van der Waals surface area contributed by atoms with Crippen molar-refractivity contribution < 1.29 is 4.39 Å². The van der Waals surface area contributed by atoms with E-state index in [-0.39, 0.29) is 11.9 Å². The second-order valence-electron chi connectivity index (χ2n) is 7.52. The number of hydrogen-bond donors (Lipinski definition) is 2. The quantitative estimate of drug-likeness (QED) is 0.612. The van der Waals surface area contributed by atoms with E-state index in [1.54, 1.807) is 12.3 Å². The van der Waals surface area contributed by atoms with Crippen LogP contribution in [0.2, 0.25) is 0 Å². The molecule has 1 heterocycles. The summed E-state index contributed by atoms with van der Waals surface area (Å²) in [5.74, 6) is 0.0619. The van der Waals surface area contributed by atoms with Crippen LogP contribution in [0.15, 0.2) is 59.1 Å². The second kappa shape index (κ2) is 8.47. The molecule has 3 rings (SSSR count). The molecule has 27 heavy (non-hydrogen) atoms. The molecule has 0 aromatic carbocycles. The van der Waals surface area contributed by atoms with Crippen LogP contribution >= 0.6 is 0 Å². The lowest BCUT2D eigenvalue weighted by Crippen LogP contribution is -2.22. The molecule has 2 aliphatic carbocycles. The molecule has 0 bridgehead atoms. The third-order valence-electron chi connectivity index (χ3n) is 5.20. The minimum absolute atomic E-state index is 0.0619. The Morgan fingerprint density at radius 1 is 1.30 bits per heavy atom. The minimum Gasteiger partial charge on any atom is -0.381 e. The number of nitrogens with zero attached hydrogens (tertiary/aromatic N) is 1. The monoisotopic (exact) mass is 365 g/mol. The first-order chi connectivity index (χ1) is 13.0. The van der Waals surface area contributed by atoms with Gasteiger partial charge in [0.15, 0.2) is 0 Å². The maximum Gasteiger partial charge on any atom is 0.104 e. The Balaban J connectivity index is 1.86. The van der Waals surface area contributed by atoms with Crippen LogP contribution < -0.4 is 5.32 Å². The Labute approximate surface area is 161 Å². The van der Waals surface area contributed by atoms with E-state index in [9.17, 15) is 4.39 Å². The van der Waals surface area contributed by atoms with Crippen molar-refractivity contribution in [3.8, 4) is 0 Å². The zero-order valence-electron chi connectivity index (χ0n) is 16.2. The van der Waals surface area contributed by atoms with Gasteiger partial charge in [-0.1, -0.05) is 18.2 Å². The number of allylic oxidation sites excluding steroid dienone is 6. The highest BCUT2D eigenvalue weighted by molar-refractivity contribution is 5.82. The van der Waals surface area contributed by atoms with Gasteiger partial charge in [0.1, 0.15) is 5.83 Å². The Bertz CT molecular complexity index is 843. The van der Waals surface area contributed by atoms with Gasteiger partial charge in [-0.3, -0.25) is 4.98 Å². The van der Waals surface area contributed by atoms with Gasteiger partial charge in [0.25, 0.3) is 0 Å². The Morgan fingerprint density at radius 2 is 2.11 bits per heavy atom. The first kappa shape index (κ1) is 19.3. The van der Waals surface area contributed by atoms with Crippen molar-refractivity contribution >= 4 is 11.9 Å². The molecule has 0 amide bonds. The molecular formula is C23H28FN3. The van der Waals surface area contributed by atoms with Crippen molar-refractivity contribution in [3.63, 3.8) is 0 Å². The molecule has 0 aliphatic heterocycles. The summed E-state index contributed by atoms with van der Waals surface area (Å²) in [6.45, 7) is 8.31. The normalized spacial score (nSPS) is 17.6. The van der Waals surface area contributed by atoms with Gasteiger partial charge in [0.05, 0.1) is 11.4 Å². The minimum atomic E-state index is 0.0619. The van der Waals surface area contributed by atoms with Gasteiger partial charge in [-0.05, 0) is 80.4 Å². The summed E-state index contributed by atoms with van der Waals surface area (Å²) in [5.41, 5.74) is 7.34. The van der Waals surface area contributed by atoms with E-state index >= 15 is 0 Å². The first-order valence-electron chi connectivity index (χ1n) is 9.71. The van der Waals surface area contributed by atoms with Crippen LogP contribution in [-0.2, 0) is 6.42 Å². The standard InChI is InChI=1S/C23H28FN3/c1-15(2)27-21(12-13-25)23-18(5-4-14-26-23)8-7-17-9-11-20(24)19-10-6-16(3)22(17)19/h4-5,12-15,25,27H,3,6-11H2,1-2H3/b21-12-,25-13?. The molecule has 4 heteroatoms. The van der Waals surface area contributed by atoms with Crippen molar-refractivity contribution in [3.05, 3.63) is 70.4 Å². The third-order valence-corrected chi connectivity index (χ3v) is 5.20. The molecule has 0 atom stereocenters. The Hall–Kier alpha value is -2.49. The molecular weight excluding hydrogens is 337 g/mol. The van der Waals surface area contributed by atoms with Gasteiger partial charge in [0, 0.05) is 24.9 Å². The summed E-state index contributed by atoms with van der Waals surface area (Å²) >= 11 is 0. The summed E-state index contributed by atoms with van der Waals surface area (Å²) in [4.78, 5) is 4.57. The lowest BCUT2D eigenvalue weighted by Gasteiger charge is -2.20. The van der Waals surface area contributed by atoms with Crippen molar-refractivity contribution in [1.82, 2.24) is 10.3 Å². The lowest BCUT2D eigenvalue weighted by molar-refractivity contribution is 0.562. The zero-order chi connectivity index (χ0) is 19.4. The average molecular weight is 365 g/mol. The smallest absolute Gasteiger partial charge is 0.104 e. The summed E-state index contributed by atoms with van der Waals surface area (Å²) < 4.78 is 14.2. The van der Waals surface area contributed by atoms with Crippen LogP contribution in [-0.4, -0.2) is 17.2 Å². The van der Waals surface area contributed by atoms with E-state index in [0.29, 0.717) is 6.42 Å². The largest absolute Gasteiger partial charge is 0.381 e. The Kier molecular flexibility index (Phi) is 6.04. The van der Waals surface area contributed by atoms with Gasteiger partial charge >= 0.3 is 0 Å². The number of aryl methyl sites for hydroxylation is 1. The average Bonchev–Trinajstić information content (AvgIpc) is 3.04. The van der Waals surface area contributed by atoms with E-state index in [2.05, 4.69) is 36.8 Å². The van der Waals surface area contributed by atoms with Gasteiger partial charge in [-0.15, -0.1) is 0 Å². The lowest BCUT2D eigenvalue weighted by atomic mass is 9.87. The molecule has 2 aliphatic rings. The van der Waals surface area contributed by atoms with Gasteiger partial charge in [-0.25, -0.2) is 4.39 Å². The van der Waals surface area contributed by atoms with Crippen LogP contribution in [0.5, 0.6) is 0 Å². The number of halogens is 1.